The standard InChI is InChI=1S/C49H54O4S2/c1-3-5-7-9-11-13-27-49(28-14-12-10-8-6-4-2)41-29-33(47-25-17-35(54-47)31-39-43(50)21-22-44(39)51)15-19-37(41)38-20-16-34(30-42(38)49)48-26-18-36(55-48)32-40-45(52)23-24-46(40)53/h15-20,25-26,29-32H,3-14,21-24,27-28H2,1-2H3. The predicted octanol–water partition coefficient (Wildman–Crippen LogP) is 13.5. The summed E-state index contributed by atoms with van der Waals surface area (Å²) in [6.07, 6.45) is 22.2. The van der Waals surface area contributed by atoms with E-state index in [0.29, 0.717) is 36.8 Å². The molecule has 0 saturated heterocycles. The van der Waals surface area contributed by atoms with Gasteiger partial charge in [-0.3, -0.25) is 19.2 Å². The molecule has 4 nitrogen and oxygen atoms in total. The van der Waals surface area contributed by atoms with Gasteiger partial charge in [0, 0.05) is 50.6 Å². The summed E-state index contributed by atoms with van der Waals surface area (Å²) >= 11 is 3.30. The van der Waals surface area contributed by atoms with E-state index in [9.17, 15) is 19.2 Å². The van der Waals surface area contributed by atoms with E-state index in [1.165, 1.54) is 110 Å². The molecule has 2 heterocycles. The summed E-state index contributed by atoms with van der Waals surface area (Å²) in [6.45, 7) is 4.55. The van der Waals surface area contributed by atoms with Gasteiger partial charge in [0.05, 0.1) is 11.1 Å². The third-order valence-electron chi connectivity index (χ3n) is 12.0. The highest BCUT2D eigenvalue weighted by atomic mass is 32.1. The van der Waals surface area contributed by atoms with Gasteiger partial charge in [-0.2, -0.15) is 0 Å². The normalized spacial score (nSPS) is 16.0. The molecule has 286 valence electrons. The molecule has 0 N–H and O–H groups in total. The lowest BCUT2D eigenvalue weighted by molar-refractivity contribution is -0.118. The molecule has 4 aromatic rings. The minimum Gasteiger partial charge on any atom is -0.294 e. The van der Waals surface area contributed by atoms with Gasteiger partial charge >= 0.3 is 0 Å². The minimum atomic E-state index is -0.109. The Morgan fingerprint density at radius 1 is 0.491 bits per heavy atom. The van der Waals surface area contributed by atoms with Crippen LogP contribution in [0.1, 0.15) is 150 Å². The largest absolute Gasteiger partial charge is 0.294 e. The zero-order valence-corrected chi connectivity index (χ0v) is 34.2. The number of unbranched alkanes of at least 4 members (excludes halogenated alkanes) is 10. The first-order chi connectivity index (χ1) is 26.8. The van der Waals surface area contributed by atoms with Crippen molar-refractivity contribution in [2.45, 2.75) is 135 Å². The lowest BCUT2D eigenvalue weighted by Gasteiger charge is -2.33. The maximum atomic E-state index is 12.4. The topological polar surface area (TPSA) is 68.3 Å². The van der Waals surface area contributed by atoms with Crippen LogP contribution in [0.5, 0.6) is 0 Å². The quantitative estimate of drug-likeness (QED) is 0.0574. The Morgan fingerprint density at radius 2 is 0.873 bits per heavy atom. The molecule has 0 radical (unpaired) electrons. The van der Waals surface area contributed by atoms with E-state index in [2.05, 4.69) is 62.4 Å². The van der Waals surface area contributed by atoms with Gasteiger partial charge in [0.25, 0.3) is 0 Å². The molecule has 3 aliphatic rings. The van der Waals surface area contributed by atoms with E-state index < -0.39 is 0 Å². The average Bonchev–Trinajstić information content (AvgIpc) is 4.03. The summed E-state index contributed by atoms with van der Waals surface area (Å²) in [6, 6.07) is 22.5. The lowest BCUT2D eigenvalue weighted by atomic mass is 9.70. The SMILES string of the molecule is CCCCCCCCC1(CCCCCCCC)c2cc(-c3ccc(C=C4C(=O)CCC4=O)s3)ccc2-c2ccc(-c3ccc(C=C4C(=O)CCC4=O)s3)cc21. The third-order valence-corrected chi connectivity index (χ3v) is 14.2. The molecule has 2 aromatic carbocycles. The molecule has 0 spiro atoms. The number of hydrogen-bond donors (Lipinski definition) is 0. The van der Waals surface area contributed by atoms with E-state index in [4.69, 9.17) is 0 Å². The maximum absolute atomic E-state index is 12.4. The number of benzene rings is 2. The molecule has 0 bridgehead atoms. The van der Waals surface area contributed by atoms with Gasteiger partial charge in [0.15, 0.2) is 23.1 Å². The third kappa shape index (κ3) is 8.56. The van der Waals surface area contributed by atoms with Gasteiger partial charge in [0.2, 0.25) is 0 Å². The summed E-state index contributed by atoms with van der Waals surface area (Å²) in [4.78, 5) is 53.8. The van der Waals surface area contributed by atoms with Crippen LogP contribution in [0.15, 0.2) is 71.8 Å². The van der Waals surface area contributed by atoms with E-state index in [0.717, 1.165) is 32.4 Å². The first-order valence-electron chi connectivity index (χ1n) is 20.9. The highest BCUT2D eigenvalue weighted by molar-refractivity contribution is 7.16. The second kappa shape index (κ2) is 17.9. The van der Waals surface area contributed by atoms with Crippen LogP contribution in [0.2, 0.25) is 0 Å². The number of allylic oxidation sites excluding steroid dienone is 2. The van der Waals surface area contributed by atoms with E-state index in [1.807, 2.05) is 12.1 Å². The van der Waals surface area contributed by atoms with Crippen molar-refractivity contribution in [1.82, 2.24) is 0 Å². The average molecular weight is 771 g/mol. The van der Waals surface area contributed by atoms with Gasteiger partial charge in [-0.25, -0.2) is 0 Å². The number of rotatable bonds is 18. The molecule has 3 aliphatic carbocycles. The lowest BCUT2D eigenvalue weighted by Crippen LogP contribution is -2.25. The monoisotopic (exact) mass is 770 g/mol. The molecule has 55 heavy (non-hydrogen) atoms. The van der Waals surface area contributed by atoms with Gasteiger partial charge < -0.3 is 0 Å². The van der Waals surface area contributed by atoms with Crippen molar-refractivity contribution in [2.24, 2.45) is 0 Å². The van der Waals surface area contributed by atoms with Gasteiger partial charge in [0.1, 0.15) is 0 Å². The van der Waals surface area contributed by atoms with Crippen LogP contribution in [0.3, 0.4) is 0 Å². The van der Waals surface area contributed by atoms with Gasteiger partial charge in [-0.1, -0.05) is 115 Å². The summed E-state index contributed by atoms with van der Waals surface area (Å²) in [5.41, 5.74) is 8.49. The van der Waals surface area contributed by atoms with E-state index in [-0.39, 0.29) is 28.5 Å². The van der Waals surface area contributed by atoms with Crippen molar-refractivity contribution >= 4 is 58.0 Å². The summed E-state index contributed by atoms with van der Waals surface area (Å²) < 4.78 is 0. The van der Waals surface area contributed by atoms with Crippen LogP contribution in [0.4, 0.5) is 0 Å². The number of thiophene rings is 2. The second-order valence-corrected chi connectivity index (χ2v) is 18.1. The molecular weight excluding hydrogens is 717 g/mol. The molecule has 7 rings (SSSR count). The minimum absolute atomic E-state index is 0.0430. The van der Waals surface area contributed by atoms with E-state index >= 15 is 0 Å². The van der Waals surface area contributed by atoms with Crippen LogP contribution in [0.25, 0.3) is 44.2 Å². The van der Waals surface area contributed by atoms with Crippen LogP contribution in [0, 0.1) is 0 Å². The fourth-order valence-electron chi connectivity index (χ4n) is 8.96. The fraction of sp³-hybridized carbons (Fsp3) is 0.429. The fourth-order valence-corrected chi connectivity index (χ4v) is 10.9. The van der Waals surface area contributed by atoms with Crippen molar-refractivity contribution < 1.29 is 19.2 Å². The number of ketones is 4. The van der Waals surface area contributed by atoms with Gasteiger partial charge in [-0.15, -0.1) is 22.7 Å². The first-order valence-corrected chi connectivity index (χ1v) is 22.5. The van der Waals surface area contributed by atoms with Gasteiger partial charge in [-0.05, 0) is 94.8 Å². The molecular formula is C49H54O4S2. The maximum Gasteiger partial charge on any atom is 0.166 e. The molecule has 2 aromatic heterocycles. The van der Waals surface area contributed by atoms with E-state index in [1.54, 1.807) is 34.8 Å². The number of carbonyl (C=O) groups is 4. The summed E-state index contributed by atoms with van der Waals surface area (Å²) in [7, 11) is 0. The predicted molar refractivity (Wildman–Crippen MR) is 230 cm³/mol. The Labute approximate surface area is 335 Å². The summed E-state index contributed by atoms with van der Waals surface area (Å²) in [5.74, 6) is -0.172. The molecule has 0 unspecified atom stereocenters. The highest BCUT2D eigenvalue weighted by Gasteiger charge is 2.43. The van der Waals surface area contributed by atoms with Crippen molar-refractivity contribution in [3.05, 3.63) is 92.7 Å². The molecule has 0 amide bonds. The number of fused-ring (bicyclic) bond motifs is 3. The Balaban J connectivity index is 1.27. The molecule has 0 atom stereocenters. The smallest absolute Gasteiger partial charge is 0.166 e. The van der Waals surface area contributed by atoms with Crippen LogP contribution < -0.4 is 0 Å². The molecule has 2 saturated carbocycles. The molecule has 0 aliphatic heterocycles. The zero-order valence-electron chi connectivity index (χ0n) is 32.6. The van der Waals surface area contributed by atoms with Crippen molar-refractivity contribution in [2.75, 3.05) is 0 Å². The van der Waals surface area contributed by atoms with Crippen molar-refractivity contribution in [1.29, 1.82) is 0 Å². The Hall–Kier alpha value is -4.00. The zero-order chi connectivity index (χ0) is 38.4. The first kappa shape index (κ1) is 39.2. The Morgan fingerprint density at radius 3 is 1.27 bits per heavy atom. The molecule has 2 fully saturated rings. The van der Waals surface area contributed by atoms with Crippen LogP contribution in [-0.2, 0) is 24.6 Å². The second-order valence-electron chi connectivity index (χ2n) is 15.9. The Bertz CT molecular complexity index is 1950. The highest BCUT2D eigenvalue weighted by Crippen LogP contribution is 2.56. The summed E-state index contributed by atoms with van der Waals surface area (Å²) in [5, 5.41) is 0. The number of carbonyl (C=O) groups excluding carboxylic acids is 4. The van der Waals surface area contributed by atoms with Crippen LogP contribution in [-0.4, -0.2) is 23.1 Å². The Kier molecular flexibility index (Phi) is 12.7. The number of Topliss-reactive ketones (excluding diaryl/α,β-unsaturated/α-hetero) is 4. The van der Waals surface area contributed by atoms with Crippen molar-refractivity contribution in [3.63, 3.8) is 0 Å². The number of hydrogen-bond acceptors (Lipinski definition) is 6. The van der Waals surface area contributed by atoms with Crippen molar-refractivity contribution in [3.8, 4) is 32.0 Å². The van der Waals surface area contributed by atoms with Crippen LogP contribution >= 0.6 is 22.7 Å². The molecule has 6 heteroatoms.